The number of rotatable bonds is 4. The Morgan fingerprint density at radius 3 is 2.94 bits per heavy atom. The summed E-state index contributed by atoms with van der Waals surface area (Å²) in [7, 11) is 0. The van der Waals surface area contributed by atoms with Gasteiger partial charge in [-0.3, -0.25) is 0 Å². The number of nitrogens with zero attached hydrogens (tertiary/aromatic N) is 2. The molecular formula is C12H15N3O2. The number of carbonyl (C=O) groups is 1. The molecule has 2 rings (SSSR count). The fourth-order valence-electron chi connectivity index (χ4n) is 1.91. The molecule has 2 aromatic rings. The summed E-state index contributed by atoms with van der Waals surface area (Å²) < 4.78 is 2.06. The smallest absolute Gasteiger partial charge is 0.335 e. The van der Waals surface area contributed by atoms with E-state index < -0.39 is 5.97 Å². The van der Waals surface area contributed by atoms with Gasteiger partial charge in [-0.1, -0.05) is 0 Å². The average molecular weight is 233 g/mol. The van der Waals surface area contributed by atoms with Crippen molar-refractivity contribution < 1.29 is 9.90 Å². The minimum atomic E-state index is -0.930. The predicted octanol–water partition coefficient (Wildman–Crippen LogP) is 1.39. The maximum Gasteiger partial charge on any atom is 0.335 e. The quantitative estimate of drug-likeness (QED) is 0.836. The van der Waals surface area contributed by atoms with E-state index in [4.69, 9.17) is 10.8 Å². The number of hydrogen-bond acceptors (Lipinski definition) is 3. The van der Waals surface area contributed by atoms with Gasteiger partial charge < -0.3 is 15.4 Å². The van der Waals surface area contributed by atoms with Crippen LogP contribution in [0.2, 0.25) is 0 Å². The van der Waals surface area contributed by atoms with Gasteiger partial charge in [0.2, 0.25) is 0 Å². The lowest BCUT2D eigenvalue weighted by Gasteiger charge is -2.05. The number of nitrogens with two attached hydrogens (primary N) is 1. The number of imidazole rings is 1. The molecule has 0 amide bonds. The molecule has 0 bridgehead atoms. The highest BCUT2D eigenvalue weighted by Crippen LogP contribution is 2.18. The maximum atomic E-state index is 10.9. The van der Waals surface area contributed by atoms with E-state index in [0.717, 1.165) is 29.8 Å². The van der Waals surface area contributed by atoms with Gasteiger partial charge in [-0.15, -0.1) is 0 Å². The van der Waals surface area contributed by atoms with Gasteiger partial charge in [0.15, 0.2) is 0 Å². The summed E-state index contributed by atoms with van der Waals surface area (Å²) in [5, 5.41) is 8.91. The fourth-order valence-corrected chi connectivity index (χ4v) is 1.91. The summed E-state index contributed by atoms with van der Waals surface area (Å²) in [6.07, 6.45) is 0.882. The number of fused-ring (bicyclic) bond motifs is 1. The molecule has 5 nitrogen and oxygen atoms in total. The maximum absolute atomic E-state index is 10.9. The molecule has 0 spiro atoms. The van der Waals surface area contributed by atoms with Crippen LogP contribution >= 0.6 is 0 Å². The van der Waals surface area contributed by atoms with Gasteiger partial charge in [0.05, 0.1) is 16.6 Å². The molecule has 5 heteroatoms. The van der Waals surface area contributed by atoms with Crippen LogP contribution in [0, 0.1) is 6.92 Å². The fraction of sp³-hybridized carbons (Fsp3) is 0.333. The molecule has 0 fully saturated rings. The van der Waals surface area contributed by atoms with Crippen LogP contribution in [0.15, 0.2) is 18.2 Å². The van der Waals surface area contributed by atoms with Crippen LogP contribution in [0.1, 0.15) is 22.6 Å². The molecule has 0 saturated carbocycles. The van der Waals surface area contributed by atoms with Crippen molar-refractivity contribution in [2.45, 2.75) is 19.9 Å². The lowest BCUT2D eigenvalue weighted by atomic mass is 10.2. The van der Waals surface area contributed by atoms with Gasteiger partial charge in [0.1, 0.15) is 5.82 Å². The number of aryl methyl sites for hydroxylation is 2. The molecular weight excluding hydrogens is 218 g/mol. The minimum Gasteiger partial charge on any atom is -0.478 e. The molecule has 1 aromatic carbocycles. The van der Waals surface area contributed by atoms with E-state index in [9.17, 15) is 4.79 Å². The number of aromatic carboxylic acids is 1. The molecule has 0 aliphatic rings. The van der Waals surface area contributed by atoms with Crippen LogP contribution < -0.4 is 5.73 Å². The first-order valence-electron chi connectivity index (χ1n) is 5.53. The SMILES string of the molecule is Cc1nc2cc(C(=O)O)ccc2n1CCCN. The summed E-state index contributed by atoms with van der Waals surface area (Å²) in [6, 6.07) is 5.00. The van der Waals surface area contributed by atoms with Crippen LogP contribution in [0.4, 0.5) is 0 Å². The molecule has 0 atom stereocenters. The van der Waals surface area contributed by atoms with Crippen molar-refractivity contribution in [2.75, 3.05) is 6.54 Å². The summed E-state index contributed by atoms with van der Waals surface area (Å²) in [6.45, 7) is 3.36. The van der Waals surface area contributed by atoms with Crippen LogP contribution in [0.5, 0.6) is 0 Å². The van der Waals surface area contributed by atoms with Gasteiger partial charge in [-0.05, 0) is 38.1 Å². The van der Waals surface area contributed by atoms with Gasteiger partial charge in [0.25, 0.3) is 0 Å². The lowest BCUT2D eigenvalue weighted by molar-refractivity contribution is 0.0697. The third-order valence-corrected chi connectivity index (χ3v) is 2.77. The molecule has 0 radical (unpaired) electrons. The molecule has 17 heavy (non-hydrogen) atoms. The van der Waals surface area contributed by atoms with Crippen molar-refractivity contribution in [3.63, 3.8) is 0 Å². The number of carboxylic acids is 1. The minimum absolute atomic E-state index is 0.265. The van der Waals surface area contributed by atoms with Crippen molar-refractivity contribution in [1.82, 2.24) is 9.55 Å². The normalized spacial score (nSPS) is 10.9. The van der Waals surface area contributed by atoms with Crippen LogP contribution in [0.25, 0.3) is 11.0 Å². The van der Waals surface area contributed by atoms with Gasteiger partial charge in [0, 0.05) is 6.54 Å². The highest BCUT2D eigenvalue weighted by Gasteiger charge is 2.10. The van der Waals surface area contributed by atoms with Crippen molar-refractivity contribution in [3.05, 3.63) is 29.6 Å². The van der Waals surface area contributed by atoms with E-state index >= 15 is 0 Å². The average Bonchev–Trinajstić information content (AvgIpc) is 2.61. The molecule has 0 unspecified atom stereocenters. The molecule has 1 aromatic heterocycles. The van der Waals surface area contributed by atoms with Crippen molar-refractivity contribution >= 4 is 17.0 Å². The summed E-state index contributed by atoms with van der Waals surface area (Å²) in [5.41, 5.74) is 7.44. The van der Waals surface area contributed by atoms with Gasteiger partial charge in [-0.2, -0.15) is 0 Å². The van der Waals surface area contributed by atoms with Crippen LogP contribution in [-0.4, -0.2) is 27.2 Å². The highest BCUT2D eigenvalue weighted by molar-refractivity contribution is 5.92. The zero-order chi connectivity index (χ0) is 12.4. The largest absolute Gasteiger partial charge is 0.478 e. The number of hydrogen-bond donors (Lipinski definition) is 2. The second-order valence-electron chi connectivity index (χ2n) is 3.96. The van der Waals surface area contributed by atoms with Crippen LogP contribution in [0.3, 0.4) is 0 Å². The Kier molecular flexibility index (Phi) is 3.10. The lowest BCUT2D eigenvalue weighted by Crippen LogP contribution is -2.07. The Hall–Kier alpha value is -1.88. The van der Waals surface area contributed by atoms with E-state index in [1.54, 1.807) is 18.2 Å². The highest BCUT2D eigenvalue weighted by atomic mass is 16.4. The third-order valence-electron chi connectivity index (χ3n) is 2.77. The topological polar surface area (TPSA) is 81.1 Å². The molecule has 0 aliphatic carbocycles. The standard InChI is InChI=1S/C12H15N3O2/c1-8-14-10-7-9(12(16)17)3-4-11(10)15(8)6-2-5-13/h3-4,7H,2,5-6,13H2,1H3,(H,16,17). The summed E-state index contributed by atoms with van der Waals surface area (Å²) in [4.78, 5) is 15.2. The molecule has 1 heterocycles. The Balaban J connectivity index is 2.48. The van der Waals surface area contributed by atoms with E-state index in [1.165, 1.54) is 0 Å². The second-order valence-corrected chi connectivity index (χ2v) is 3.96. The Bertz CT molecular complexity index is 560. The first-order chi connectivity index (χ1) is 8.13. The van der Waals surface area contributed by atoms with E-state index in [2.05, 4.69) is 9.55 Å². The molecule has 3 N–H and O–H groups in total. The monoisotopic (exact) mass is 233 g/mol. The van der Waals surface area contributed by atoms with Crippen molar-refractivity contribution in [2.24, 2.45) is 5.73 Å². The molecule has 90 valence electrons. The number of aromatic nitrogens is 2. The van der Waals surface area contributed by atoms with Crippen molar-refractivity contribution in [3.8, 4) is 0 Å². The number of carboxylic acid groups (broad SMARTS) is 1. The summed E-state index contributed by atoms with van der Waals surface area (Å²) in [5.74, 6) is -0.0444. The third kappa shape index (κ3) is 2.14. The van der Waals surface area contributed by atoms with Crippen LogP contribution in [-0.2, 0) is 6.54 Å². The zero-order valence-corrected chi connectivity index (χ0v) is 9.68. The number of benzene rings is 1. The van der Waals surface area contributed by atoms with Gasteiger partial charge >= 0.3 is 5.97 Å². The van der Waals surface area contributed by atoms with E-state index in [0.29, 0.717) is 6.54 Å². The molecule has 0 aliphatic heterocycles. The van der Waals surface area contributed by atoms with E-state index in [-0.39, 0.29) is 5.56 Å². The molecule has 0 saturated heterocycles. The Morgan fingerprint density at radius 2 is 2.29 bits per heavy atom. The van der Waals surface area contributed by atoms with Crippen molar-refractivity contribution in [1.29, 1.82) is 0 Å². The Morgan fingerprint density at radius 1 is 1.53 bits per heavy atom. The second kappa shape index (κ2) is 4.55. The Labute approximate surface area is 98.9 Å². The zero-order valence-electron chi connectivity index (χ0n) is 9.68. The summed E-state index contributed by atoms with van der Waals surface area (Å²) >= 11 is 0. The predicted molar refractivity (Wildman–Crippen MR) is 65.1 cm³/mol. The van der Waals surface area contributed by atoms with Gasteiger partial charge in [-0.25, -0.2) is 9.78 Å². The van der Waals surface area contributed by atoms with E-state index in [1.807, 2.05) is 6.92 Å². The first-order valence-corrected chi connectivity index (χ1v) is 5.53. The first kappa shape index (κ1) is 11.6.